The van der Waals surface area contributed by atoms with E-state index in [-0.39, 0.29) is 6.61 Å². The fraction of sp³-hybridized carbons (Fsp3) is 0.438. The molecule has 0 bridgehead atoms. The predicted octanol–water partition coefficient (Wildman–Crippen LogP) is 0.501. The Bertz CT molecular complexity index is 767. The number of aliphatic hydroxyl groups excluding tert-OH is 1. The van der Waals surface area contributed by atoms with Crippen molar-refractivity contribution in [2.24, 2.45) is 0 Å². The molecule has 3 N–H and O–H groups in total. The van der Waals surface area contributed by atoms with Gasteiger partial charge in [-0.25, -0.2) is 4.68 Å². The minimum Gasteiger partial charge on any atom is -0.394 e. The molecule has 25 heavy (non-hydrogen) atoms. The van der Waals surface area contributed by atoms with Gasteiger partial charge in [-0.05, 0) is 41.8 Å². The lowest BCUT2D eigenvalue weighted by Crippen LogP contribution is -2.43. The summed E-state index contributed by atoms with van der Waals surface area (Å²) in [5.74, 6) is -0.936. The average molecular weight is 344 g/mol. The van der Waals surface area contributed by atoms with Crippen molar-refractivity contribution >= 4 is 17.5 Å². The fourth-order valence-electron chi connectivity index (χ4n) is 2.40. The Morgan fingerprint density at radius 3 is 2.84 bits per heavy atom. The summed E-state index contributed by atoms with van der Waals surface area (Å²) < 4.78 is 1.78. The first-order chi connectivity index (χ1) is 12.1. The number of hydrogen-bond donors (Lipinski definition) is 3. The molecule has 1 atom stereocenters. The predicted molar refractivity (Wildman–Crippen MR) is 89.5 cm³/mol. The van der Waals surface area contributed by atoms with Gasteiger partial charge in [0, 0.05) is 11.3 Å². The van der Waals surface area contributed by atoms with Crippen LogP contribution in [-0.4, -0.2) is 49.8 Å². The number of amides is 2. The van der Waals surface area contributed by atoms with Crippen LogP contribution in [0.1, 0.15) is 32.2 Å². The van der Waals surface area contributed by atoms with Crippen LogP contribution in [0, 0.1) is 0 Å². The first kappa shape index (κ1) is 17.0. The minimum absolute atomic E-state index is 0.213. The zero-order chi connectivity index (χ0) is 17.8. The maximum atomic E-state index is 12.0. The monoisotopic (exact) mass is 344 g/mol. The van der Waals surface area contributed by atoms with E-state index < -0.39 is 17.9 Å². The fourth-order valence-corrected chi connectivity index (χ4v) is 2.40. The van der Waals surface area contributed by atoms with Crippen LogP contribution in [0.5, 0.6) is 0 Å². The molecule has 0 saturated heterocycles. The van der Waals surface area contributed by atoms with Gasteiger partial charge in [-0.2, -0.15) is 0 Å². The molecule has 1 unspecified atom stereocenters. The maximum Gasteiger partial charge on any atom is 0.313 e. The molecule has 0 spiro atoms. The first-order valence-electron chi connectivity index (χ1n) is 8.23. The lowest BCUT2D eigenvalue weighted by Gasteiger charge is -2.13. The summed E-state index contributed by atoms with van der Waals surface area (Å²) in [6, 6.07) is 6.91. The van der Waals surface area contributed by atoms with E-state index in [0.29, 0.717) is 24.0 Å². The summed E-state index contributed by atoms with van der Waals surface area (Å²) in [6.45, 7) is 1.60. The molecular weight excluding hydrogens is 324 g/mol. The second-order valence-electron chi connectivity index (χ2n) is 5.97. The highest BCUT2D eigenvalue weighted by atomic mass is 16.3. The third-order valence-corrected chi connectivity index (χ3v) is 4.02. The van der Waals surface area contributed by atoms with Gasteiger partial charge in [-0.3, -0.25) is 9.59 Å². The van der Waals surface area contributed by atoms with Crippen LogP contribution in [0.3, 0.4) is 0 Å². The summed E-state index contributed by atoms with van der Waals surface area (Å²) in [5, 5.41) is 25.9. The van der Waals surface area contributed by atoms with Crippen molar-refractivity contribution in [1.29, 1.82) is 0 Å². The molecule has 2 aromatic rings. The van der Waals surface area contributed by atoms with Gasteiger partial charge in [-0.15, -0.1) is 5.10 Å². The Kier molecular flexibility index (Phi) is 5.03. The number of nitrogens with zero attached hydrogens (tertiary/aromatic N) is 4. The van der Waals surface area contributed by atoms with Gasteiger partial charge in [0.15, 0.2) is 5.82 Å². The molecule has 2 amide bonds. The van der Waals surface area contributed by atoms with Gasteiger partial charge in [0.2, 0.25) is 0 Å². The molecule has 9 heteroatoms. The molecule has 1 heterocycles. The second kappa shape index (κ2) is 7.39. The number of hydrogen-bond acceptors (Lipinski definition) is 6. The third-order valence-electron chi connectivity index (χ3n) is 4.02. The molecule has 132 valence electrons. The normalized spacial score (nSPS) is 14.8. The van der Waals surface area contributed by atoms with Gasteiger partial charge < -0.3 is 15.7 Å². The highest BCUT2D eigenvalue weighted by molar-refractivity contribution is 6.39. The molecule has 1 aromatic carbocycles. The molecule has 0 aliphatic heterocycles. The van der Waals surface area contributed by atoms with E-state index in [0.717, 1.165) is 18.4 Å². The van der Waals surface area contributed by atoms with Crippen LogP contribution >= 0.6 is 0 Å². The van der Waals surface area contributed by atoms with E-state index >= 15 is 0 Å². The second-order valence-corrected chi connectivity index (χ2v) is 5.97. The van der Waals surface area contributed by atoms with Gasteiger partial charge in [0.1, 0.15) is 0 Å². The summed E-state index contributed by atoms with van der Waals surface area (Å²) in [7, 11) is 0. The molecule has 0 radical (unpaired) electrons. The molecular formula is C16H20N6O3. The number of nitrogens with one attached hydrogen (secondary N) is 2. The molecule has 1 aliphatic rings. The zero-order valence-electron chi connectivity index (χ0n) is 13.8. The Balaban J connectivity index is 1.70. The maximum absolute atomic E-state index is 12.0. The number of rotatable bonds is 6. The number of aromatic nitrogens is 4. The number of carbonyl (C=O) groups is 2. The molecule has 1 saturated carbocycles. The number of aliphatic hydroxyl groups is 1. The number of carbonyl (C=O) groups excluding carboxylic acids is 2. The number of benzene rings is 1. The van der Waals surface area contributed by atoms with E-state index in [4.69, 9.17) is 5.11 Å². The van der Waals surface area contributed by atoms with E-state index in [1.807, 2.05) is 13.0 Å². The van der Waals surface area contributed by atoms with Crippen molar-refractivity contribution in [3.8, 4) is 11.4 Å². The Morgan fingerprint density at radius 1 is 1.36 bits per heavy atom. The van der Waals surface area contributed by atoms with Crippen LogP contribution in [0.25, 0.3) is 11.4 Å². The van der Waals surface area contributed by atoms with Gasteiger partial charge in [0.05, 0.1) is 18.7 Å². The Labute approximate surface area is 144 Å². The van der Waals surface area contributed by atoms with Gasteiger partial charge >= 0.3 is 11.8 Å². The Morgan fingerprint density at radius 2 is 2.16 bits per heavy atom. The Hall–Kier alpha value is -2.81. The van der Waals surface area contributed by atoms with Crippen molar-refractivity contribution in [3.63, 3.8) is 0 Å². The third kappa shape index (κ3) is 4.00. The topological polar surface area (TPSA) is 122 Å². The highest BCUT2D eigenvalue weighted by Crippen LogP contribution is 2.36. The lowest BCUT2D eigenvalue weighted by atomic mass is 10.2. The van der Waals surface area contributed by atoms with Crippen molar-refractivity contribution in [2.45, 2.75) is 38.3 Å². The first-order valence-corrected chi connectivity index (χ1v) is 8.23. The zero-order valence-corrected chi connectivity index (χ0v) is 13.8. The van der Waals surface area contributed by atoms with Crippen LogP contribution in [0.4, 0.5) is 5.69 Å². The van der Waals surface area contributed by atoms with E-state index in [1.54, 1.807) is 22.9 Å². The van der Waals surface area contributed by atoms with Crippen molar-refractivity contribution in [1.82, 2.24) is 25.5 Å². The number of anilines is 1. The van der Waals surface area contributed by atoms with Crippen molar-refractivity contribution in [2.75, 3.05) is 11.9 Å². The molecule has 3 rings (SSSR count). The SMILES string of the molecule is CCC(CO)NC(=O)C(=O)Nc1cccc(-c2nnnn2C2CC2)c1. The van der Waals surface area contributed by atoms with E-state index in [2.05, 4.69) is 26.2 Å². The molecule has 1 aromatic heterocycles. The quantitative estimate of drug-likeness (QED) is 0.656. The van der Waals surface area contributed by atoms with Crippen LogP contribution in [-0.2, 0) is 9.59 Å². The van der Waals surface area contributed by atoms with Crippen molar-refractivity contribution in [3.05, 3.63) is 24.3 Å². The van der Waals surface area contributed by atoms with Gasteiger partial charge in [0.25, 0.3) is 0 Å². The summed E-state index contributed by atoms with van der Waals surface area (Å²) in [6.07, 6.45) is 2.64. The minimum atomic E-state index is -0.786. The average Bonchev–Trinajstić information content (AvgIpc) is 3.36. The number of tetrazole rings is 1. The van der Waals surface area contributed by atoms with Crippen molar-refractivity contribution < 1.29 is 14.7 Å². The molecule has 1 fully saturated rings. The lowest BCUT2D eigenvalue weighted by molar-refractivity contribution is -0.136. The molecule has 1 aliphatic carbocycles. The summed E-state index contributed by atoms with van der Waals surface area (Å²) in [4.78, 5) is 23.9. The summed E-state index contributed by atoms with van der Waals surface area (Å²) >= 11 is 0. The van der Waals surface area contributed by atoms with E-state index in [9.17, 15) is 9.59 Å². The van der Waals surface area contributed by atoms with Gasteiger partial charge in [-0.1, -0.05) is 19.1 Å². The van der Waals surface area contributed by atoms with Crippen LogP contribution < -0.4 is 10.6 Å². The van der Waals surface area contributed by atoms with Crippen LogP contribution in [0.2, 0.25) is 0 Å². The molecule has 9 nitrogen and oxygen atoms in total. The standard InChI is InChI=1S/C16H20N6O3/c1-2-11(9-23)17-15(24)16(25)18-12-5-3-4-10(8-12)14-19-20-21-22(14)13-6-7-13/h3-5,8,11,13,23H,2,6-7,9H2,1H3,(H,17,24)(H,18,25). The smallest absolute Gasteiger partial charge is 0.313 e. The van der Waals surface area contributed by atoms with Crippen LogP contribution in [0.15, 0.2) is 24.3 Å². The summed E-state index contributed by atoms with van der Waals surface area (Å²) in [5.41, 5.74) is 1.23. The van der Waals surface area contributed by atoms with E-state index in [1.165, 1.54) is 0 Å². The highest BCUT2D eigenvalue weighted by Gasteiger charge is 2.28. The largest absolute Gasteiger partial charge is 0.394 e.